The molecule has 0 unspecified atom stereocenters. The Bertz CT molecular complexity index is 320. The van der Waals surface area contributed by atoms with Gasteiger partial charge in [-0.3, -0.25) is 4.79 Å². The van der Waals surface area contributed by atoms with Crippen molar-refractivity contribution in [2.75, 3.05) is 20.3 Å². The van der Waals surface area contributed by atoms with Crippen molar-refractivity contribution >= 4 is 5.78 Å². The Morgan fingerprint density at radius 2 is 2.13 bits per heavy atom. The van der Waals surface area contributed by atoms with Gasteiger partial charge in [0.15, 0.2) is 5.78 Å². The minimum Gasteiger partial charge on any atom is -0.388 e. The summed E-state index contributed by atoms with van der Waals surface area (Å²) in [4.78, 5) is 11.5. The van der Waals surface area contributed by atoms with Gasteiger partial charge in [-0.25, -0.2) is 0 Å². The molecular formula is C12H15NO2. The minimum atomic E-state index is 0.000479. The van der Waals surface area contributed by atoms with Gasteiger partial charge in [0.05, 0.1) is 6.61 Å². The van der Waals surface area contributed by atoms with Crippen LogP contribution >= 0.6 is 0 Å². The largest absolute Gasteiger partial charge is 0.388 e. The zero-order chi connectivity index (χ0) is 10.9. The van der Waals surface area contributed by atoms with E-state index >= 15 is 0 Å². The molecule has 1 aromatic carbocycles. The van der Waals surface area contributed by atoms with E-state index in [0.717, 1.165) is 0 Å². The lowest BCUT2D eigenvalue weighted by molar-refractivity contribution is 0.104. The molecule has 0 aromatic heterocycles. The summed E-state index contributed by atoms with van der Waals surface area (Å²) in [5.41, 5.74) is 0.697. The lowest BCUT2D eigenvalue weighted by atomic mass is 10.1. The molecule has 15 heavy (non-hydrogen) atoms. The van der Waals surface area contributed by atoms with E-state index in [2.05, 4.69) is 5.32 Å². The number of allylic oxidation sites excluding steroid dienone is 1. The van der Waals surface area contributed by atoms with Crippen molar-refractivity contribution in [2.45, 2.75) is 0 Å². The van der Waals surface area contributed by atoms with Gasteiger partial charge in [-0.15, -0.1) is 0 Å². The molecule has 0 saturated carbocycles. The van der Waals surface area contributed by atoms with E-state index in [1.165, 1.54) is 6.08 Å². The van der Waals surface area contributed by atoms with Crippen molar-refractivity contribution in [1.29, 1.82) is 0 Å². The summed E-state index contributed by atoms with van der Waals surface area (Å²) in [7, 11) is 1.64. The SMILES string of the molecule is COCCNC=CC(=O)c1ccccc1. The highest BCUT2D eigenvalue weighted by molar-refractivity contribution is 6.04. The quantitative estimate of drug-likeness (QED) is 0.435. The van der Waals surface area contributed by atoms with Gasteiger partial charge in [-0.05, 0) is 0 Å². The van der Waals surface area contributed by atoms with Gasteiger partial charge in [0.25, 0.3) is 0 Å². The van der Waals surface area contributed by atoms with Crippen LogP contribution in [0.4, 0.5) is 0 Å². The Labute approximate surface area is 89.8 Å². The van der Waals surface area contributed by atoms with Crippen LogP contribution < -0.4 is 5.32 Å². The molecule has 1 N–H and O–H groups in total. The number of carbonyl (C=O) groups is 1. The van der Waals surface area contributed by atoms with Crippen LogP contribution in [0.2, 0.25) is 0 Å². The zero-order valence-corrected chi connectivity index (χ0v) is 8.77. The summed E-state index contributed by atoms with van der Waals surface area (Å²) in [6.45, 7) is 1.33. The van der Waals surface area contributed by atoms with Gasteiger partial charge >= 0.3 is 0 Å². The second kappa shape index (κ2) is 6.79. The molecule has 0 aliphatic rings. The average Bonchev–Trinajstić information content (AvgIpc) is 2.30. The van der Waals surface area contributed by atoms with Crippen LogP contribution in [0, 0.1) is 0 Å². The predicted molar refractivity (Wildman–Crippen MR) is 59.8 cm³/mol. The smallest absolute Gasteiger partial charge is 0.187 e. The molecule has 3 nitrogen and oxygen atoms in total. The Balaban J connectivity index is 2.36. The van der Waals surface area contributed by atoms with Gasteiger partial charge in [-0.1, -0.05) is 30.3 Å². The number of benzene rings is 1. The molecule has 0 bridgehead atoms. The van der Waals surface area contributed by atoms with Gasteiger partial charge in [0, 0.05) is 31.5 Å². The van der Waals surface area contributed by atoms with E-state index in [-0.39, 0.29) is 5.78 Å². The van der Waals surface area contributed by atoms with Gasteiger partial charge in [0.1, 0.15) is 0 Å². The van der Waals surface area contributed by atoms with Crippen LogP contribution in [0.25, 0.3) is 0 Å². The number of ether oxygens (including phenoxy) is 1. The number of rotatable bonds is 6. The summed E-state index contributed by atoms with van der Waals surface area (Å²) >= 11 is 0. The number of nitrogens with one attached hydrogen (secondary N) is 1. The summed E-state index contributed by atoms with van der Waals surface area (Å²) in [6, 6.07) is 9.17. The maximum absolute atomic E-state index is 11.5. The average molecular weight is 205 g/mol. The number of ketones is 1. The second-order valence-electron chi connectivity index (χ2n) is 3.01. The summed E-state index contributed by atoms with van der Waals surface area (Å²) in [5.74, 6) is 0.000479. The van der Waals surface area contributed by atoms with Crippen LogP contribution in [0.5, 0.6) is 0 Å². The van der Waals surface area contributed by atoms with Crippen LogP contribution in [0.15, 0.2) is 42.6 Å². The van der Waals surface area contributed by atoms with Crippen molar-refractivity contribution < 1.29 is 9.53 Å². The fourth-order valence-corrected chi connectivity index (χ4v) is 1.08. The Morgan fingerprint density at radius 1 is 1.40 bits per heavy atom. The third-order valence-electron chi connectivity index (χ3n) is 1.86. The first-order valence-electron chi connectivity index (χ1n) is 4.83. The molecule has 0 spiro atoms. The highest BCUT2D eigenvalue weighted by Gasteiger charge is 1.97. The highest BCUT2D eigenvalue weighted by atomic mass is 16.5. The highest BCUT2D eigenvalue weighted by Crippen LogP contribution is 1.99. The first-order valence-corrected chi connectivity index (χ1v) is 4.83. The van der Waals surface area contributed by atoms with E-state index < -0.39 is 0 Å². The molecule has 80 valence electrons. The van der Waals surface area contributed by atoms with E-state index in [9.17, 15) is 4.79 Å². The maximum atomic E-state index is 11.5. The first-order chi connectivity index (χ1) is 7.34. The zero-order valence-electron chi connectivity index (χ0n) is 8.77. The van der Waals surface area contributed by atoms with Gasteiger partial charge in [-0.2, -0.15) is 0 Å². The predicted octanol–water partition coefficient (Wildman–Crippen LogP) is 1.62. The maximum Gasteiger partial charge on any atom is 0.187 e. The number of carbonyl (C=O) groups excluding carboxylic acids is 1. The summed E-state index contributed by atoms with van der Waals surface area (Å²) in [6.07, 6.45) is 3.17. The fourth-order valence-electron chi connectivity index (χ4n) is 1.08. The molecule has 1 aromatic rings. The van der Waals surface area contributed by atoms with Crippen molar-refractivity contribution in [2.24, 2.45) is 0 Å². The lowest BCUT2D eigenvalue weighted by Gasteiger charge is -1.98. The molecule has 0 atom stereocenters. The van der Waals surface area contributed by atoms with E-state index in [4.69, 9.17) is 4.74 Å². The molecule has 0 aliphatic heterocycles. The Morgan fingerprint density at radius 3 is 2.80 bits per heavy atom. The van der Waals surface area contributed by atoms with E-state index in [1.54, 1.807) is 25.4 Å². The summed E-state index contributed by atoms with van der Waals surface area (Å²) in [5, 5.41) is 2.96. The molecule has 0 radical (unpaired) electrons. The van der Waals surface area contributed by atoms with Crippen molar-refractivity contribution in [3.8, 4) is 0 Å². The van der Waals surface area contributed by atoms with E-state index in [1.807, 2.05) is 18.2 Å². The van der Waals surface area contributed by atoms with Gasteiger partial charge < -0.3 is 10.1 Å². The lowest BCUT2D eigenvalue weighted by Crippen LogP contribution is -2.12. The molecule has 0 amide bonds. The van der Waals surface area contributed by atoms with Crippen molar-refractivity contribution in [1.82, 2.24) is 5.32 Å². The van der Waals surface area contributed by atoms with E-state index in [0.29, 0.717) is 18.7 Å². The third-order valence-corrected chi connectivity index (χ3v) is 1.86. The Kier molecular flexibility index (Phi) is 5.19. The van der Waals surface area contributed by atoms with Crippen LogP contribution in [-0.2, 0) is 4.74 Å². The molecule has 0 fully saturated rings. The monoisotopic (exact) mass is 205 g/mol. The van der Waals surface area contributed by atoms with Crippen LogP contribution in [0.3, 0.4) is 0 Å². The standard InChI is InChI=1S/C12H15NO2/c1-15-10-9-13-8-7-12(14)11-5-3-2-4-6-11/h2-8,13H,9-10H2,1H3. The normalized spacial score (nSPS) is 10.5. The third kappa shape index (κ3) is 4.42. The molecule has 0 heterocycles. The van der Waals surface area contributed by atoms with Crippen LogP contribution in [0.1, 0.15) is 10.4 Å². The van der Waals surface area contributed by atoms with Gasteiger partial charge in [0.2, 0.25) is 0 Å². The number of hydrogen-bond donors (Lipinski definition) is 1. The topological polar surface area (TPSA) is 38.3 Å². The molecule has 1 rings (SSSR count). The first kappa shape index (κ1) is 11.5. The molecule has 3 heteroatoms. The summed E-state index contributed by atoms with van der Waals surface area (Å²) < 4.78 is 4.85. The Hall–Kier alpha value is -1.61. The second-order valence-corrected chi connectivity index (χ2v) is 3.01. The number of hydrogen-bond acceptors (Lipinski definition) is 3. The molecule has 0 saturated heterocycles. The fraction of sp³-hybridized carbons (Fsp3) is 0.250. The van der Waals surface area contributed by atoms with Crippen LogP contribution in [-0.4, -0.2) is 26.0 Å². The van der Waals surface area contributed by atoms with Crippen molar-refractivity contribution in [3.05, 3.63) is 48.2 Å². The number of methoxy groups -OCH3 is 1. The molecule has 0 aliphatic carbocycles. The molecular weight excluding hydrogens is 190 g/mol. The minimum absolute atomic E-state index is 0.000479. The van der Waals surface area contributed by atoms with Crippen molar-refractivity contribution in [3.63, 3.8) is 0 Å².